The molecule has 0 N–H and O–H groups in total. The van der Waals surface area contributed by atoms with E-state index >= 15 is 0 Å². The lowest BCUT2D eigenvalue weighted by atomic mass is 10.1. The minimum absolute atomic E-state index is 0.133. The average Bonchev–Trinajstić information content (AvgIpc) is 2.56. The number of esters is 1. The number of carbonyl (C=O) groups is 1. The molecule has 0 atom stereocenters. The molecule has 0 unspecified atom stereocenters. The van der Waals surface area contributed by atoms with Gasteiger partial charge in [-0.1, -0.05) is 44.9 Å². The van der Waals surface area contributed by atoms with Crippen molar-refractivity contribution in [1.82, 2.24) is 0 Å². The molecule has 0 rings (SSSR count). The first-order chi connectivity index (χ1) is 11.3. The van der Waals surface area contributed by atoms with Gasteiger partial charge in [-0.2, -0.15) is 0 Å². The van der Waals surface area contributed by atoms with Crippen LogP contribution >= 0.6 is 0 Å². The van der Waals surface area contributed by atoms with Gasteiger partial charge in [0.25, 0.3) is 0 Å². The molecule has 0 aliphatic rings. The fourth-order valence-electron chi connectivity index (χ4n) is 1.91. The van der Waals surface area contributed by atoms with Gasteiger partial charge in [0, 0.05) is 6.42 Å². The molecule has 134 valence electrons. The van der Waals surface area contributed by atoms with Gasteiger partial charge >= 0.3 is 5.97 Å². The number of hydrogen-bond donors (Lipinski definition) is 0. The van der Waals surface area contributed by atoms with E-state index in [1.807, 2.05) is 0 Å². The Balaban J connectivity index is 3.13. The van der Waals surface area contributed by atoms with Crippen LogP contribution in [0.15, 0.2) is 0 Å². The number of terminal acetylenes is 1. The highest BCUT2D eigenvalue weighted by Crippen LogP contribution is 2.07. The summed E-state index contributed by atoms with van der Waals surface area (Å²) in [6.07, 6.45) is 12.6. The fraction of sp³-hybridized carbons (Fsp3) is 0.833. The zero-order valence-electron chi connectivity index (χ0n) is 14.5. The molecule has 0 radical (unpaired) electrons. The molecule has 0 aromatic carbocycles. The Kier molecular flexibility index (Phi) is 18.1. The van der Waals surface area contributed by atoms with Gasteiger partial charge in [-0.25, -0.2) is 0 Å². The van der Waals surface area contributed by atoms with Crippen molar-refractivity contribution in [2.75, 3.05) is 46.2 Å². The number of ether oxygens (including phenoxy) is 4. The Labute approximate surface area is 141 Å². The summed E-state index contributed by atoms with van der Waals surface area (Å²) in [5.41, 5.74) is 0. The van der Waals surface area contributed by atoms with Crippen LogP contribution in [0.1, 0.15) is 51.9 Å². The minimum atomic E-state index is -0.133. The number of rotatable bonds is 17. The van der Waals surface area contributed by atoms with E-state index in [4.69, 9.17) is 25.4 Å². The number of hydrogen-bond acceptors (Lipinski definition) is 5. The molecule has 0 spiro atoms. The smallest absolute Gasteiger partial charge is 0.305 e. The second kappa shape index (κ2) is 19.0. The summed E-state index contributed by atoms with van der Waals surface area (Å²) in [6, 6.07) is 0. The summed E-state index contributed by atoms with van der Waals surface area (Å²) in [6.45, 7) is 5.16. The maximum atomic E-state index is 11.5. The average molecular weight is 328 g/mol. The third-order valence-electron chi connectivity index (χ3n) is 3.15. The van der Waals surface area contributed by atoms with Gasteiger partial charge in [-0.3, -0.25) is 4.79 Å². The van der Waals surface area contributed by atoms with Gasteiger partial charge in [0.1, 0.15) is 13.2 Å². The van der Waals surface area contributed by atoms with Crippen LogP contribution in [0.25, 0.3) is 0 Å². The topological polar surface area (TPSA) is 54.0 Å². The molecule has 23 heavy (non-hydrogen) atoms. The predicted molar refractivity (Wildman–Crippen MR) is 90.2 cm³/mol. The molecule has 0 saturated carbocycles. The normalized spacial score (nSPS) is 10.4. The van der Waals surface area contributed by atoms with Crippen LogP contribution in [0.3, 0.4) is 0 Å². The van der Waals surface area contributed by atoms with E-state index in [1.54, 1.807) is 0 Å². The predicted octanol–water partition coefficient (Wildman–Crippen LogP) is 2.96. The summed E-state index contributed by atoms with van der Waals surface area (Å²) in [5, 5.41) is 0. The van der Waals surface area contributed by atoms with Crippen molar-refractivity contribution in [2.45, 2.75) is 51.9 Å². The van der Waals surface area contributed by atoms with Crippen molar-refractivity contribution in [3.63, 3.8) is 0 Å². The van der Waals surface area contributed by atoms with E-state index in [1.165, 1.54) is 25.7 Å². The van der Waals surface area contributed by atoms with Crippen LogP contribution in [0.2, 0.25) is 0 Å². The Morgan fingerprint density at radius 3 is 2.04 bits per heavy atom. The van der Waals surface area contributed by atoms with Gasteiger partial charge < -0.3 is 18.9 Å². The van der Waals surface area contributed by atoms with E-state index in [2.05, 4.69) is 12.8 Å². The van der Waals surface area contributed by atoms with Gasteiger partial charge in [0.05, 0.1) is 33.0 Å². The minimum Gasteiger partial charge on any atom is -0.463 e. The van der Waals surface area contributed by atoms with Crippen LogP contribution < -0.4 is 0 Å². The quantitative estimate of drug-likeness (QED) is 0.233. The molecule has 0 bridgehead atoms. The molecule has 0 aromatic rings. The number of carbonyl (C=O) groups excluding carboxylic acids is 1. The van der Waals surface area contributed by atoms with Crippen molar-refractivity contribution >= 4 is 5.97 Å². The number of unbranched alkanes of at least 4 members (excludes halogenated alkanes) is 5. The van der Waals surface area contributed by atoms with Crippen LogP contribution in [-0.4, -0.2) is 52.2 Å². The van der Waals surface area contributed by atoms with Gasteiger partial charge in [-0.15, -0.1) is 6.42 Å². The summed E-state index contributed by atoms with van der Waals surface area (Å²) in [4.78, 5) is 11.5. The molecule has 5 nitrogen and oxygen atoms in total. The summed E-state index contributed by atoms with van der Waals surface area (Å²) >= 11 is 0. The van der Waals surface area contributed by atoms with Crippen LogP contribution in [0.5, 0.6) is 0 Å². The third-order valence-corrected chi connectivity index (χ3v) is 3.15. The third kappa shape index (κ3) is 18.9. The van der Waals surface area contributed by atoms with Crippen LogP contribution in [0, 0.1) is 12.3 Å². The highest BCUT2D eigenvalue weighted by atomic mass is 16.6. The molecule has 0 aliphatic carbocycles. The fourth-order valence-corrected chi connectivity index (χ4v) is 1.91. The standard InChI is InChI=1S/C18H32O5/c1-3-5-6-7-8-9-10-18(19)23-17-16-22-15-14-21-13-12-20-11-4-2/h2H,3,5-17H2,1H3. The van der Waals surface area contributed by atoms with Crippen molar-refractivity contribution in [3.8, 4) is 12.3 Å². The lowest BCUT2D eigenvalue weighted by molar-refractivity contribution is -0.145. The summed E-state index contributed by atoms with van der Waals surface area (Å²) in [5.74, 6) is 2.25. The first kappa shape index (κ1) is 21.9. The van der Waals surface area contributed by atoms with Crippen molar-refractivity contribution in [2.24, 2.45) is 0 Å². The van der Waals surface area contributed by atoms with E-state index in [0.717, 1.165) is 12.8 Å². The second-order valence-electron chi connectivity index (χ2n) is 5.22. The zero-order valence-corrected chi connectivity index (χ0v) is 14.5. The lowest BCUT2D eigenvalue weighted by Crippen LogP contribution is -2.13. The van der Waals surface area contributed by atoms with E-state index in [-0.39, 0.29) is 5.97 Å². The maximum absolute atomic E-state index is 11.5. The zero-order chi connectivity index (χ0) is 17.0. The highest BCUT2D eigenvalue weighted by Gasteiger charge is 2.02. The monoisotopic (exact) mass is 328 g/mol. The lowest BCUT2D eigenvalue weighted by Gasteiger charge is -2.07. The molecule has 0 aromatic heterocycles. The SMILES string of the molecule is C#CCOCCOCCOCCOC(=O)CCCCCCCC. The second-order valence-corrected chi connectivity index (χ2v) is 5.22. The van der Waals surface area contributed by atoms with Crippen LogP contribution in [-0.2, 0) is 23.7 Å². The Hall–Kier alpha value is -1.09. The summed E-state index contributed by atoms with van der Waals surface area (Å²) < 4.78 is 20.7. The highest BCUT2D eigenvalue weighted by molar-refractivity contribution is 5.69. The molecular formula is C18H32O5. The van der Waals surface area contributed by atoms with Crippen molar-refractivity contribution in [3.05, 3.63) is 0 Å². The van der Waals surface area contributed by atoms with Gasteiger partial charge in [-0.05, 0) is 6.42 Å². The van der Waals surface area contributed by atoms with Crippen molar-refractivity contribution < 1.29 is 23.7 Å². The van der Waals surface area contributed by atoms with E-state index in [9.17, 15) is 4.79 Å². The molecule has 0 amide bonds. The Morgan fingerprint density at radius 1 is 0.826 bits per heavy atom. The largest absolute Gasteiger partial charge is 0.463 e. The molecule has 0 saturated heterocycles. The molecule has 0 fully saturated rings. The van der Waals surface area contributed by atoms with Crippen molar-refractivity contribution in [1.29, 1.82) is 0 Å². The Morgan fingerprint density at radius 2 is 1.39 bits per heavy atom. The molecule has 0 heterocycles. The van der Waals surface area contributed by atoms with Gasteiger partial charge in [0.15, 0.2) is 0 Å². The molecule has 5 heteroatoms. The Bertz CT molecular complexity index is 298. The van der Waals surface area contributed by atoms with Crippen LogP contribution in [0.4, 0.5) is 0 Å². The summed E-state index contributed by atoms with van der Waals surface area (Å²) in [7, 11) is 0. The van der Waals surface area contributed by atoms with E-state index in [0.29, 0.717) is 52.7 Å². The molecule has 0 aliphatic heterocycles. The first-order valence-electron chi connectivity index (χ1n) is 8.63. The van der Waals surface area contributed by atoms with E-state index < -0.39 is 0 Å². The molecular weight excluding hydrogens is 296 g/mol. The maximum Gasteiger partial charge on any atom is 0.305 e. The van der Waals surface area contributed by atoms with Gasteiger partial charge in [0.2, 0.25) is 0 Å². The first-order valence-corrected chi connectivity index (χ1v) is 8.63.